The van der Waals surface area contributed by atoms with E-state index in [2.05, 4.69) is 10.3 Å². The topological polar surface area (TPSA) is 62.3 Å². The second kappa shape index (κ2) is 7.68. The number of nitrogens with one attached hydrogen (secondary N) is 1. The molecule has 7 heteroatoms. The molecule has 26 heavy (non-hydrogen) atoms. The Morgan fingerprint density at radius 1 is 1.04 bits per heavy atom. The summed E-state index contributed by atoms with van der Waals surface area (Å²) in [7, 11) is 3.37. The van der Waals surface area contributed by atoms with Crippen LogP contribution in [-0.2, 0) is 0 Å². The molecule has 1 heterocycles. The number of amides is 2. The number of halogens is 1. The lowest BCUT2D eigenvalue weighted by Gasteiger charge is -2.10. The summed E-state index contributed by atoms with van der Waals surface area (Å²) in [5.41, 5.74) is 2.51. The number of nitrogens with zero attached hydrogens (tertiary/aromatic N) is 2. The normalized spacial score (nSPS) is 10.4. The molecule has 0 radical (unpaired) electrons. The predicted molar refractivity (Wildman–Crippen MR) is 105 cm³/mol. The molecule has 0 bridgehead atoms. The molecule has 2 amide bonds. The standard InChI is InChI=1S/C19H16ClN3O2S/c1-23(2)18(25)13-9-7-12(8-10-13)17(24)22-19-21-16(11-26-19)14-5-3-4-6-15(14)20/h3-11H,1-2H3,(H,21,22,24). The van der Waals surface area contributed by atoms with Gasteiger partial charge >= 0.3 is 0 Å². The molecule has 0 aliphatic carbocycles. The van der Waals surface area contributed by atoms with Crippen molar-refractivity contribution in [3.63, 3.8) is 0 Å². The monoisotopic (exact) mass is 385 g/mol. The molecule has 3 rings (SSSR count). The third-order valence-electron chi connectivity index (χ3n) is 3.67. The van der Waals surface area contributed by atoms with E-state index < -0.39 is 0 Å². The van der Waals surface area contributed by atoms with E-state index in [4.69, 9.17) is 11.6 Å². The van der Waals surface area contributed by atoms with Gasteiger partial charge in [0.2, 0.25) is 0 Å². The molecule has 0 unspecified atom stereocenters. The molecule has 0 fully saturated rings. The third kappa shape index (κ3) is 3.92. The van der Waals surface area contributed by atoms with Crippen molar-refractivity contribution in [1.29, 1.82) is 0 Å². The molecule has 0 aliphatic rings. The third-order valence-corrected chi connectivity index (χ3v) is 4.76. The molecule has 0 saturated carbocycles. The van der Waals surface area contributed by atoms with E-state index in [0.29, 0.717) is 27.0 Å². The van der Waals surface area contributed by atoms with Gasteiger partial charge in [-0.1, -0.05) is 29.8 Å². The molecule has 1 aromatic heterocycles. The van der Waals surface area contributed by atoms with Gasteiger partial charge in [0.05, 0.1) is 5.69 Å². The minimum Gasteiger partial charge on any atom is -0.345 e. The Morgan fingerprint density at radius 3 is 2.35 bits per heavy atom. The number of benzene rings is 2. The van der Waals surface area contributed by atoms with Gasteiger partial charge in [-0.15, -0.1) is 11.3 Å². The van der Waals surface area contributed by atoms with Crippen LogP contribution < -0.4 is 5.32 Å². The van der Waals surface area contributed by atoms with Crippen LogP contribution in [0.2, 0.25) is 5.02 Å². The Bertz CT molecular complexity index is 951. The number of thiazole rings is 1. The molecule has 0 atom stereocenters. The first-order chi connectivity index (χ1) is 12.5. The van der Waals surface area contributed by atoms with Crippen LogP contribution in [0.4, 0.5) is 5.13 Å². The zero-order valence-corrected chi connectivity index (χ0v) is 15.8. The SMILES string of the molecule is CN(C)C(=O)c1ccc(C(=O)Nc2nc(-c3ccccc3Cl)cs2)cc1. The fourth-order valence-electron chi connectivity index (χ4n) is 2.32. The van der Waals surface area contributed by atoms with Crippen molar-refractivity contribution < 1.29 is 9.59 Å². The van der Waals surface area contributed by atoms with Crippen molar-refractivity contribution in [2.24, 2.45) is 0 Å². The fraction of sp³-hybridized carbons (Fsp3) is 0.105. The summed E-state index contributed by atoms with van der Waals surface area (Å²) in [6.07, 6.45) is 0. The predicted octanol–water partition coefficient (Wildman–Crippen LogP) is 4.42. The van der Waals surface area contributed by atoms with Crippen molar-refractivity contribution in [3.05, 3.63) is 70.1 Å². The average Bonchev–Trinajstić information content (AvgIpc) is 3.09. The summed E-state index contributed by atoms with van der Waals surface area (Å²) < 4.78 is 0. The van der Waals surface area contributed by atoms with Gasteiger partial charge in [-0.05, 0) is 30.3 Å². The van der Waals surface area contributed by atoms with E-state index in [1.807, 2.05) is 23.6 Å². The first kappa shape index (κ1) is 18.1. The molecule has 0 saturated heterocycles. The molecular weight excluding hydrogens is 370 g/mol. The van der Waals surface area contributed by atoms with E-state index in [-0.39, 0.29) is 11.8 Å². The van der Waals surface area contributed by atoms with Crippen LogP contribution in [0.15, 0.2) is 53.9 Å². The highest BCUT2D eigenvalue weighted by atomic mass is 35.5. The Balaban J connectivity index is 1.73. The number of aromatic nitrogens is 1. The average molecular weight is 386 g/mol. The molecule has 0 aliphatic heterocycles. The highest BCUT2D eigenvalue weighted by Gasteiger charge is 2.13. The number of carbonyl (C=O) groups is 2. The van der Waals surface area contributed by atoms with Crippen LogP contribution in [0.25, 0.3) is 11.3 Å². The van der Waals surface area contributed by atoms with E-state index in [9.17, 15) is 9.59 Å². The minimum atomic E-state index is -0.283. The summed E-state index contributed by atoms with van der Waals surface area (Å²) in [6, 6.07) is 13.9. The van der Waals surface area contributed by atoms with Gasteiger partial charge in [0.1, 0.15) is 0 Å². The summed E-state index contributed by atoms with van der Waals surface area (Å²) >= 11 is 7.50. The van der Waals surface area contributed by atoms with Crippen LogP contribution in [0.1, 0.15) is 20.7 Å². The van der Waals surface area contributed by atoms with Gasteiger partial charge in [-0.2, -0.15) is 0 Å². The maximum atomic E-state index is 12.4. The quantitative estimate of drug-likeness (QED) is 0.723. The second-order valence-corrected chi connectivity index (χ2v) is 7.01. The van der Waals surface area contributed by atoms with Gasteiger partial charge in [-0.25, -0.2) is 4.98 Å². The largest absolute Gasteiger partial charge is 0.345 e. The van der Waals surface area contributed by atoms with Crippen LogP contribution in [-0.4, -0.2) is 35.8 Å². The molecule has 132 valence electrons. The lowest BCUT2D eigenvalue weighted by atomic mass is 10.1. The molecule has 2 aromatic carbocycles. The van der Waals surface area contributed by atoms with Crippen LogP contribution in [0.3, 0.4) is 0 Å². The van der Waals surface area contributed by atoms with E-state index in [1.165, 1.54) is 16.2 Å². The maximum absolute atomic E-state index is 12.4. The van der Waals surface area contributed by atoms with Crippen molar-refractivity contribution in [1.82, 2.24) is 9.88 Å². The minimum absolute atomic E-state index is 0.110. The molecular formula is C19H16ClN3O2S. The first-order valence-electron chi connectivity index (χ1n) is 7.79. The fourth-order valence-corrected chi connectivity index (χ4v) is 3.25. The highest BCUT2D eigenvalue weighted by Crippen LogP contribution is 2.30. The summed E-state index contributed by atoms with van der Waals surface area (Å²) in [4.78, 5) is 30.2. The van der Waals surface area contributed by atoms with E-state index in [0.717, 1.165) is 5.56 Å². The summed E-state index contributed by atoms with van der Waals surface area (Å²) in [5, 5.41) is 5.71. The van der Waals surface area contributed by atoms with Gasteiger partial charge < -0.3 is 4.90 Å². The van der Waals surface area contributed by atoms with Gasteiger partial charge in [0, 0.05) is 41.2 Å². The van der Waals surface area contributed by atoms with E-state index >= 15 is 0 Å². The summed E-state index contributed by atoms with van der Waals surface area (Å²) in [5.74, 6) is -0.393. The Morgan fingerprint density at radius 2 is 1.69 bits per heavy atom. The zero-order valence-electron chi connectivity index (χ0n) is 14.2. The lowest BCUT2D eigenvalue weighted by molar-refractivity contribution is 0.0827. The van der Waals surface area contributed by atoms with Crippen LogP contribution in [0, 0.1) is 0 Å². The molecule has 0 spiro atoms. The second-order valence-electron chi connectivity index (χ2n) is 5.75. The number of anilines is 1. The smallest absolute Gasteiger partial charge is 0.257 e. The number of rotatable bonds is 4. The molecule has 5 nitrogen and oxygen atoms in total. The first-order valence-corrected chi connectivity index (χ1v) is 9.05. The van der Waals surface area contributed by atoms with Gasteiger partial charge in [0.25, 0.3) is 11.8 Å². The number of hydrogen-bond donors (Lipinski definition) is 1. The van der Waals surface area contributed by atoms with Gasteiger partial charge in [-0.3, -0.25) is 14.9 Å². The lowest BCUT2D eigenvalue weighted by Crippen LogP contribution is -2.21. The van der Waals surface area contributed by atoms with Crippen LogP contribution >= 0.6 is 22.9 Å². The van der Waals surface area contributed by atoms with E-state index in [1.54, 1.807) is 44.4 Å². The Kier molecular flexibility index (Phi) is 5.35. The van der Waals surface area contributed by atoms with Crippen LogP contribution in [0.5, 0.6) is 0 Å². The maximum Gasteiger partial charge on any atom is 0.257 e. The van der Waals surface area contributed by atoms with Crippen molar-refractivity contribution in [2.45, 2.75) is 0 Å². The Hall–Kier alpha value is -2.70. The van der Waals surface area contributed by atoms with Crippen molar-refractivity contribution >= 4 is 39.9 Å². The molecule has 3 aromatic rings. The van der Waals surface area contributed by atoms with Crippen molar-refractivity contribution in [3.8, 4) is 11.3 Å². The molecule has 1 N–H and O–H groups in total. The van der Waals surface area contributed by atoms with Crippen molar-refractivity contribution in [2.75, 3.05) is 19.4 Å². The zero-order chi connectivity index (χ0) is 18.7. The van der Waals surface area contributed by atoms with Gasteiger partial charge in [0.15, 0.2) is 5.13 Å². The Labute approximate surface area is 160 Å². The highest BCUT2D eigenvalue weighted by molar-refractivity contribution is 7.14. The summed E-state index contributed by atoms with van der Waals surface area (Å²) in [6.45, 7) is 0. The number of hydrogen-bond acceptors (Lipinski definition) is 4. The number of carbonyl (C=O) groups excluding carboxylic acids is 2.